The fraction of sp³-hybridized carbons (Fsp3) is 0.364. The molecule has 0 spiro atoms. The molecule has 0 aliphatic rings. The first-order chi connectivity index (χ1) is 7.37. The summed E-state index contributed by atoms with van der Waals surface area (Å²) in [4.78, 5) is 14.5. The number of hydrogen-bond donors (Lipinski definition) is 2. The Morgan fingerprint density at radius 2 is 2.19 bits per heavy atom. The van der Waals surface area contributed by atoms with Crippen LogP contribution in [0.1, 0.15) is 13.8 Å². The Kier molecular flexibility index (Phi) is 2.67. The van der Waals surface area contributed by atoms with Crippen LogP contribution in [0.4, 0.5) is 0 Å². The Labute approximate surface area is 101 Å². The van der Waals surface area contributed by atoms with Crippen molar-refractivity contribution in [1.82, 2.24) is 9.55 Å². The van der Waals surface area contributed by atoms with Crippen molar-refractivity contribution in [3.05, 3.63) is 33.2 Å². The molecule has 2 N–H and O–H groups in total. The molecule has 2 rings (SSSR count). The van der Waals surface area contributed by atoms with E-state index in [2.05, 4.69) is 20.9 Å². The molecule has 1 heterocycles. The second-order valence-corrected chi connectivity index (χ2v) is 5.41. The number of nitrogens with zero attached hydrogens (tertiary/aromatic N) is 1. The van der Waals surface area contributed by atoms with E-state index in [9.17, 15) is 9.90 Å². The quantitative estimate of drug-likeness (QED) is 0.885. The molecule has 0 unspecified atom stereocenters. The van der Waals surface area contributed by atoms with E-state index < -0.39 is 5.60 Å². The first kappa shape index (κ1) is 11.4. The molecule has 16 heavy (non-hydrogen) atoms. The molecule has 1 aromatic carbocycles. The number of hydrogen-bond acceptors (Lipinski definition) is 2. The number of aliphatic hydroxyl groups is 1. The molecule has 0 amide bonds. The van der Waals surface area contributed by atoms with Crippen molar-refractivity contribution in [2.45, 2.75) is 26.0 Å². The molecule has 5 heteroatoms. The van der Waals surface area contributed by atoms with Gasteiger partial charge in [0.25, 0.3) is 0 Å². The Morgan fingerprint density at radius 1 is 1.50 bits per heavy atom. The average molecular weight is 285 g/mol. The third-order valence-electron chi connectivity index (χ3n) is 2.28. The normalized spacial score (nSPS) is 12.2. The number of aromatic amines is 1. The van der Waals surface area contributed by atoms with Crippen molar-refractivity contribution in [2.24, 2.45) is 0 Å². The lowest BCUT2D eigenvalue weighted by atomic mass is 10.1. The highest BCUT2D eigenvalue weighted by atomic mass is 79.9. The standard InChI is InChI=1S/C11H13BrN2O2/c1-11(2,16)6-14-9-4-3-7(12)5-8(9)13-10(14)15/h3-5,16H,6H2,1-2H3,(H,13,15). The number of H-pyrrole nitrogens is 1. The Hall–Kier alpha value is -1.07. The maximum Gasteiger partial charge on any atom is 0.326 e. The molecule has 86 valence electrons. The zero-order valence-electron chi connectivity index (χ0n) is 9.12. The molecule has 0 aliphatic carbocycles. The van der Waals surface area contributed by atoms with Gasteiger partial charge in [0.15, 0.2) is 0 Å². The van der Waals surface area contributed by atoms with Crippen molar-refractivity contribution in [2.75, 3.05) is 0 Å². The summed E-state index contributed by atoms with van der Waals surface area (Å²) in [5.41, 5.74) is 0.459. The molecule has 0 bridgehead atoms. The smallest absolute Gasteiger partial charge is 0.326 e. The fourth-order valence-corrected chi connectivity index (χ4v) is 2.04. The highest BCUT2D eigenvalue weighted by molar-refractivity contribution is 9.10. The molecule has 0 saturated heterocycles. The van der Waals surface area contributed by atoms with Crippen LogP contribution in [0.3, 0.4) is 0 Å². The minimum atomic E-state index is -0.911. The van der Waals surface area contributed by atoms with Gasteiger partial charge >= 0.3 is 5.69 Å². The van der Waals surface area contributed by atoms with E-state index in [4.69, 9.17) is 0 Å². The van der Waals surface area contributed by atoms with Gasteiger partial charge < -0.3 is 10.1 Å². The van der Waals surface area contributed by atoms with E-state index in [-0.39, 0.29) is 12.2 Å². The summed E-state index contributed by atoms with van der Waals surface area (Å²) in [5, 5.41) is 9.75. The second kappa shape index (κ2) is 3.75. The van der Waals surface area contributed by atoms with Crippen LogP contribution < -0.4 is 5.69 Å². The van der Waals surface area contributed by atoms with Crippen LogP contribution >= 0.6 is 15.9 Å². The van der Waals surface area contributed by atoms with Gasteiger partial charge in [-0.2, -0.15) is 0 Å². The van der Waals surface area contributed by atoms with Crippen LogP contribution in [-0.4, -0.2) is 20.3 Å². The lowest BCUT2D eigenvalue weighted by molar-refractivity contribution is 0.0617. The maximum absolute atomic E-state index is 11.7. The lowest BCUT2D eigenvalue weighted by Crippen LogP contribution is -2.31. The summed E-state index contributed by atoms with van der Waals surface area (Å²) >= 11 is 3.35. The van der Waals surface area contributed by atoms with Gasteiger partial charge in [-0.3, -0.25) is 4.57 Å². The molecule has 0 fully saturated rings. The summed E-state index contributed by atoms with van der Waals surface area (Å²) in [6.45, 7) is 3.63. The van der Waals surface area contributed by atoms with Crippen LogP contribution in [-0.2, 0) is 6.54 Å². The highest BCUT2D eigenvalue weighted by Crippen LogP contribution is 2.18. The first-order valence-electron chi connectivity index (χ1n) is 4.97. The van der Waals surface area contributed by atoms with Crippen molar-refractivity contribution in [3.63, 3.8) is 0 Å². The van der Waals surface area contributed by atoms with E-state index in [0.29, 0.717) is 0 Å². The average Bonchev–Trinajstić information content (AvgIpc) is 2.40. The summed E-state index contributed by atoms with van der Waals surface area (Å²) in [6.07, 6.45) is 0. The highest BCUT2D eigenvalue weighted by Gasteiger charge is 2.17. The van der Waals surface area contributed by atoms with Crippen LogP contribution in [0.25, 0.3) is 11.0 Å². The maximum atomic E-state index is 11.7. The summed E-state index contributed by atoms with van der Waals surface area (Å²) < 4.78 is 2.46. The van der Waals surface area contributed by atoms with Gasteiger partial charge in [0.05, 0.1) is 23.2 Å². The molecule has 4 nitrogen and oxygen atoms in total. The van der Waals surface area contributed by atoms with E-state index in [1.165, 1.54) is 0 Å². The van der Waals surface area contributed by atoms with Crippen molar-refractivity contribution >= 4 is 27.0 Å². The molecule has 1 aromatic heterocycles. The molecule has 0 atom stereocenters. The number of benzene rings is 1. The molecule has 2 aromatic rings. The van der Waals surface area contributed by atoms with Gasteiger partial charge in [0, 0.05) is 4.47 Å². The van der Waals surface area contributed by atoms with E-state index in [1.54, 1.807) is 18.4 Å². The van der Waals surface area contributed by atoms with E-state index >= 15 is 0 Å². The third-order valence-corrected chi connectivity index (χ3v) is 2.77. The molecular formula is C11H13BrN2O2. The lowest BCUT2D eigenvalue weighted by Gasteiger charge is -2.17. The minimum Gasteiger partial charge on any atom is -0.389 e. The molecule has 0 saturated carbocycles. The number of fused-ring (bicyclic) bond motifs is 1. The predicted molar refractivity (Wildman–Crippen MR) is 66.6 cm³/mol. The van der Waals surface area contributed by atoms with Crippen molar-refractivity contribution in [1.29, 1.82) is 0 Å². The number of imidazole rings is 1. The van der Waals surface area contributed by atoms with Gasteiger partial charge in [0.1, 0.15) is 0 Å². The van der Waals surface area contributed by atoms with E-state index in [1.807, 2.05) is 18.2 Å². The monoisotopic (exact) mass is 284 g/mol. The van der Waals surface area contributed by atoms with Crippen LogP contribution in [0.15, 0.2) is 27.5 Å². The van der Waals surface area contributed by atoms with Gasteiger partial charge in [0.2, 0.25) is 0 Å². The van der Waals surface area contributed by atoms with Gasteiger partial charge in [-0.05, 0) is 32.0 Å². The molecule has 0 radical (unpaired) electrons. The third kappa shape index (κ3) is 2.20. The Bertz CT molecular complexity index is 578. The number of rotatable bonds is 2. The molecular weight excluding hydrogens is 272 g/mol. The van der Waals surface area contributed by atoms with Crippen molar-refractivity contribution < 1.29 is 5.11 Å². The number of aromatic nitrogens is 2. The van der Waals surface area contributed by atoms with Gasteiger partial charge in [-0.25, -0.2) is 4.79 Å². The zero-order chi connectivity index (χ0) is 11.9. The number of halogens is 1. The van der Waals surface area contributed by atoms with Crippen LogP contribution in [0.5, 0.6) is 0 Å². The molecule has 0 aliphatic heterocycles. The van der Waals surface area contributed by atoms with Gasteiger partial charge in [-0.15, -0.1) is 0 Å². The second-order valence-electron chi connectivity index (χ2n) is 4.49. The van der Waals surface area contributed by atoms with Gasteiger partial charge in [-0.1, -0.05) is 15.9 Å². The van der Waals surface area contributed by atoms with E-state index in [0.717, 1.165) is 15.5 Å². The van der Waals surface area contributed by atoms with Crippen LogP contribution in [0.2, 0.25) is 0 Å². The largest absolute Gasteiger partial charge is 0.389 e. The summed E-state index contributed by atoms with van der Waals surface area (Å²) in [6, 6.07) is 5.57. The topological polar surface area (TPSA) is 58.0 Å². The number of nitrogens with one attached hydrogen (secondary N) is 1. The predicted octanol–water partition coefficient (Wildman–Crippen LogP) is 1.86. The zero-order valence-corrected chi connectivity index (χ0v) is 10.7. The SMILES string of the molecule is CC(C)(O)Cn1c(=O)[nH]c2cc(Br)ccc21. The Morgan fingerprint density at radius 3 is 2.81 bits per heavy atom. The fourth-order valence-electron chi connectivity index (χ4n) is 1.68. The van der Waals surface area contributed by atoms with Crippen molar-refractivity contribution in [3.8, 4) is 0 Å². The van der Waals surface area contributed by atoms with Crippen LogP contribution in [0, 0.1) is 0 Å². The Balaban J connectivity index is 2.61. The minimum absolute atomic E-state index is 0.199. The first-order valence-corrected chi connectivity index (χ1v) is 5.76. The summed E-state index contributed by atoms with van der Waals surface area (Å²) in [5.74, 6) is 0. The summed E-state index contributed by atoms with van der Waals surface area (Å²) in [7, 11) is 0.